The number of aromatic nitrogens is 1. The van der Waals surface area contributed by atoms with E-state index in [2.05, 4.69) is 9.71 Å². The molecular formula is C26H26FN3O5S. The Morgan fingerprint density at radius 2 is 1.81 bits per heavy atom. The van der Waals surface area contributed by atoms with E-state index < -0.39 is 15.8 Å². The van der Waals surface area contributed by atoms with E-state index >= 15 is 0 Å². The Kier molecular flexibility index (Phi) is 6.53. The molecule has 2 aliphatic rings. The molecule has 0 spiro atoms. The summed E-state index contributed by atoms with van der Waals surface area (Å²) < 4.78 is 52.5. The van der Waals surface area contributed by atoms with E-state index in [-0.39, 0.29) is 35.0 Å². The first-order valence-electron chi connectivity index (χ1n) is 11.8. The molecule has 36 heavy (non-hydrogen) atoms. The third-order valence-electron chi connectivity index (χ3n) is 6.52. The van der Waals surface area contributed by atoms with Gasteiger partial charge in [-0.05, 0) is 60.9 Å². The Balaban J connectivity index is 1.50. The van der Waals surface area contributed by atoms with Crippen LogP contribution in [0.4, 0.5) is 15.8 Å². The third kappa shape index (κ3) is 4.73. The second kappa shape index (κ2) is 9.77. The Morgan fingerprint density at radius 3 is 2.53 bits per heavy atom. The molecule has 2 aromatic carbocycles. The fourth-order valence-corrected chi connectivity index (χ4v) is 5.80. The second-order valence-electron chi connectivity index (χ2n) is 8.87. The van der Waals surface area contributed by atoms with Gasteiger partial charge in [0.15, 0.2) is 6.61 Å². The molecule has 3 aromatic rings. The molecule has 1 saturated carbocycles. The van der Waals surface area contributed by atoms with Gasteiger partial charge in [-0.15, -0.1) is 0 Å². The van der Waals surface area contributed by atoms with Gasteiger partial charge in [0.25, 0.3) is 15.9 Å². The summed E-state index contributed by atoms with van der Waals surface area (Å²) in [5.41, 5.74) is 2.20. The van der Waals surface area contributed by atoms with Crippen LogP contribution in [0.3, 0.4) is 0 Å². The minimum Gasteiger partial charge on any atom is -0.482 e. The average molecular weight is 512 g/mol. The Morgan fingerprint density at radius 1 is 1.06 bits per heavy atom. The molecule has 10 heteroatoms. The van der Waals surface area contributed by atoms with Crippen LogP contribution in [0, 0.1) is 5.82 Å². The van der Waals surface area contributed by atoms with Crippen molar-refractivity contribution >= 4 is 27.3 Å². The molecule has 0 bridgehead atoms. The maximum atomic E-state index is 13.3. The number of rotatable bonds is 6. The van der Waals surface area contributed by atoms with E-state index in [0.717, 1.165) is 43.4 Å². The topological polar surface area (TPSA) is 97.8 Å². The number of ether oxygens (including phenoxy) is 2. The zero-order valence-electron chi connectivity index (χ0n) is 19.7. The van der Waals surface area contributed by atoms with Gasteiger partial charge in [-0.3, -0.25) is 9.52 Å². The lowest BCUT2D eigenvalue weighted by molar-refractivity contribution is -0.122. The molecule has 1 aromatic heterocycles. The van der Waals surface area contributed by atoms with Crippen LogP contribution >= 0.6 is 0 Å². The number of nitrogens with one attached hydrogen (secondary N) is 1. The summed E-state index contributed by atoms with van der Waals surface area (Å²) in [6.45, 7) is 0.0161. The van der Waals surface area contributed by atoms with Crippen molar-refractivity contribution in [2.75, 3.05) is 23.3 Å². The van der Waals surface area contributed by atoms with E-state index in [4.69, 9.17) is 9.47 Å². The van der Waals surface area contributed by atoms with Crippen molar-refractivity contribution in [2.24, 2.45) is 0 Å². The molecule has 0 atom stereocenters. The SMILES string of the molecule is COc1ncc(-c2ccc3c(c2)N(C2CCCCC2)C(=O)CO3)cc1NS(=O)(=O)c1ccc(F)cc1. The number of carbonyl (C=O) groups excluding carboxylic acids is 1. The zero-order chi connectivity index (χ0) is 25.3. The van der Waals surface area contributed by atoms with E-state index in [1.165, 1.54) is 25.7 Å². The first kappa shape index (κ1) is 24.1. The van der Waals surface area contributed by atoms with Gasteiger partial charge >= 0.3 is 0 Å². The van der Waals surface area contributed by atoms with Crippen LogP contribution in [0.1, 0.15) is 32.1 Å². The van der Waals surface area contributed by atoms with Crippen molar-refractivity contribution in [2.45, 2.75) is 43.0 Å². The molecule has 1 amide bonds. The molecule has 8 nitrogen and oxygen atoms in total. The molecule has 0 unspecified atom stereocenters. The number of methoxy groups -OCH3 is 1. The highest BCUT2D eigenvalue weighted by Gasteiger charge is 2.32. The minimum absolute atomic E-state index is 0.0161. The standard InChI is InChI=1S/C26H26FN3O5S/c1-34-26-22(29-36(32,33)21-10-8-19(27)9-11-21)13-18(15-28-26)17-7-12-24-23(14-17)30(25(31)16-35-24)20-5-3-2-4-6-20/h7-15,20,29H,2-6,16H2,1H3. The first-order valence-corrected chi connectivity index (χ1v) is 13.3. The lowest BCUT2D eigenvalue weighted by Gasteiger charge is -2.38. The fourth-order valence-electron chi connectivity index (χ4n) is 4.75. The number of amides is 1. The number of pyridine rings is 1. The zero-order valence-corrected chi connectivity index (χ0v) is 20.6. The molecule has 2 heterocycles. The summed E-state index contributed by atoms with van der Waals surface area (Å²) in [6.07, 6.45) is 6.83. The molecular weight excluding hydrogens is 485 g/mol. The molecule has 0 saturated heterocycles. The summed E-state index contributed by atoms with van der Waals surface area (Å²) >= 11 is 0. The van der Waals surface area contributed by atoms with Gasteiger partial charge in [0.2, 0.25) is 5.88 Å². The Hall–Kier alpha value is -3.66. The van der Waals surface area contributed by atoms with Gasteiger partial charge in [-0.1, -0.05) is 25.3 Å². The van der Waals surface area contributed by atoms with Crippen molar-refractivity contribution in [1.82, 2.24) is 4.98 Å². The maximum absolute atomic E-state index is 13.3. The summed E-state index contributed by atoms with van der Waals surface area (Å²) in [5.74, 6) is 0.131. The summed E-state index contributed by atoms with van der Waals surface area (Å²) in [7, 11) is -2.63. The smallest absolute Gasteiger partial charge is 0.265 e. The van der Waals surface area contributed by atoms with Crippen LogP contribution in [0.25, 0.3) is 11.1 Å². The molecule has 188 valence electrons. The number of sulfonamides is 1. The maximum Gasteiger partial charge on any atom is 0.265 e. The quantitative estimate of drug-likeness (QED) is 0.513. The average Bonchev–Trinajstić information content (AvgIpc) is 2.89. The monoisotopic (exact) mass is 511 g/mol. The van der Waals surface area contributed by atoms with Crippen LogP contribution in [-0.4, -0.2) is 39.1 Å². The van der Waals surface area contributed by atoms with Crippen LogP contribution in [0.15, 0.2) is 59.6 Å². The van der Waals surface area contributed by atoms with E-state index in [1.807, 2.05) is 23.1 Å². The number of anilines is 2. The molecule has 5 rings (SSSR count). The molecule has 1 fully saturated rings. The number of hydrogen-bond acceptors (Lipinski definition) is 6. The van der Waals surface area contributed by atoms with Gasteiger partial charge < -0.3 is 14.4 Å². The van der Waals surface area contributed by atoms with E-state index in [9.17, 15) is 17.6 Å². The minimum atomic E-state index is -4.02. The number of halogens is 1. The number of fused-ring (bicyclic) bond motifs is 1. The number of carbonyl (C=O) groups is 1. The van der Waals surface area contributed by atoms with Crippen LogP contribution in [0.5, 0.6) is 11.6 Å². The van der Waals surface area contributed by atoms with Crippen LogP contribution in [-0.2, 0) is 14.8 Å². The predicted octanol–water partition coefficient (Wildman–Crippen LogP) is 4.76. The highest BCUT2D eigenvalue weighted by atomic mass is 32.2. The van der Waals surface area contributed by atoms with Crippen molar-refractivity contribution in [3.8, 4) is 22.8 Å². The van der Waals surface area contributed by atoms with E-state index in [1.54, 1.807) is 12.3 Å². The third-order valence-corrected chi connectivity index (χ3v) is 7.91. The van der Waals surface area contributed by atoms with Gasteiger partial charge in [0.1, 0.15) is 17.3 Å². The molecule has 1 N–H and O–H groups in total. The number of nitrogens with zero attached hydrogens (tertiary/aromatic N) is 2. The Labute approximate surface area is 209 Å². The normalized spacial score (nSPS) is 16.3. The fraction of sp³-hybridized carbons (Fsp3) is 0.308. The summed E-state index contributed by atoms with van der Waals surface area (Å²) in [4.78, 5) is 18.9. The summed E-state index contributed by atoms with van der Waals surface area (Å²) in [6, 6.07) is 11.8. The highest BCUT2D eigenvalue weighted by Crippen LogP contribution is 2.40. The lowest BCUT2D eigenvalue weighted by atomic mass is 9.93. The van der Waals surface area contributed by atoms with Crippen molar-refractivity contribution in [3.63, 3.8) is 0 Å². The lowest BCUT2D eigenvalue weighted by Crippen LogP contribution is -2.46. The van der Waals surface area contributed by atoms with Crippen LogP contribution < -0.4 is 19.1 Å². The molecule has 1 aliphatic carbocycles. The van der Waals surface area contributed by atoms with Gasteiger partial charge in [-0.25, -0.2) is 17.8 Å². The van der Waals surface area contributed by atoms with Gasteiger partial charge in [0, 0.05) is 17.8 Å². The molecule has 0 radical (unpaired) electrons. The largest absolute Gasteiger partial charge is 0.482 e. The second-order valence-corrected chi connectivity index (χ2v) is 10.5. The number of benzene rings is 2. The van der Waals surface area contributed by atoms with Crippen molar-refractivity contribution in [3.05, 3.63) is 60.5 Å². The highest BCUT2D eigenvalue weighted by molar-refractivity contribution is 7.92. The molecule has 1 aliphatic heterocycles. The van der Waals surface area contributed by atoms with Gasteiger partial charge in [0.05, 0.1) is 17.7 Å². The predicted molar refractivity (Wildman–Crippen MR) is 133 cm³/mol. The Bertz CT molecular complexity index is 1390. The van der Waals surface area contributed by atoms with Crippen molar-refractivity contribution < 1.29 is 27.1 Å². The van der Waals surface area contributed by atoms with Crippen molar-refractivity contribution in [1.29, 1.82) is 0 Å². The number of hydrogen-bond donors (Lipinski definition) is 1. The first-order chi connectivity index (χ1) is 17.4. The summed E-state index contributed by atoms with van der Waals surface area (Å²) in [5, 5.41) is 0. The van der Waals surface area contributed by atoms with Crippen LogP contribution in [0.2, 0.25) is 0 Å². The van der Waals surface area contributed by atoms with Gasteiger partial charge in [-0.2, -0.15) is 0 Å². The van der Waals surface area contributed by atoms with E-state index in [0.29, 0.717) is 17.0 Å².